The Morgan fingerprint density at radius 2 is 1.96 bits per heavy atom. The van der Waals surface area contributed by atoms with E-state index >= 15 is 0 Å². The quantitative estimate of drug-likeness (QED) is 0.781. The Labute approximate surface area is 146 Å². The highest BCUT2D eigenvalue weighted by atomic mass is 16.5. The molecule has 3 rings (SSSR count). The zero-order chi connectivity index (χ0) is 17.8. The van der Waals surface area contributed by atoms with Crippen molar-refractivity contribution in [1.29, 1.82) is 0 Å². The summed E-state index contributed by atoms with van der Waals surface area (Å²) < 4.78 is 15.7. The lowest BCUT2D eigenvalue weighted by atomic mass is 9.89. The number of methoxy groups -OCH3 is 2. The second kappa shape index (κ2) is 7.42. The monoisotopic (exact) mass is 343 g/mol. The Hall–Kier alpha value is -2.76. The van der Waals surface area contributed by atoms with Gasteiger partial charge in [-0.2, -0.15) is 0 Å². The van der Waals surface area contributed by atoms with E-state index < -0.39 is 0 Å². The Morgan fingerprint density at radius 3 is 2.64 bits per heavy atom. The minimum Gasteiger partial charge on any atom is -0.493 e. The van der Waals surface area contributed by atoms with Crippen LogP contribution < -0.4 is 9.47 Å². The number of carbonyl (C=O) groups excluding carboxylic acids is 2. The topological polar surface area (TPSA) is 69.0 Å². The number of ether oxygens (including phenoxy) is 2. The van der Waals surface area contributed by atoms with Crippen LogP contribution in [-0.4, -0.2) is 43.9 Å². The number of hydrogen-bond donors (Lipinski definition) is 0. The van der Waals surface area contributed by atoms with Gasteiger partial charge in [-0.15, -0.1) is 0 Å². The van der Waals surface area contributed by atoms with E-state index in [1.807, 2.05) is 0 Å². The Morgan fingerprint density at radius 1 is 1.16 bits per heavy atom. The van der Waals surface area contributed by atoms with Gasteiger partial charge < -0.3 is 18.8 Å². The normalized spacial score (nSPS) is 17.2. The zero-order valence-corrected chi connectivity index (χ0v) is 14.4. The molecule has 2 aromatic rings. The molecular formula is C19H21NO5. The lowest BCUT2D eigenvalue weighted by Crippen LogP contribution is -2.42. The molecule has 1 aromatic heterocycles. The molecule has 1 saturated heterocycles. The summed E-state index contributed by atoms with van der Waals surface area (Å²) in [5.74, 6) is 1.02. The van der Waals surface area contributed by atoms with E-state index in [1.165, 1.54) is 13.4 Å². The van der Waals surface area contributed by atoms with E-state index in [1.54, 1.807) is 42.3 Å². The van der Waals surface area contributed by atoms with Crippen LogP contribution in [0.5, 0.6) is 11.5 Å². The van der Waals surface area contributed by atoms with Gasteiger partial charge in [-0.25, -0.2) is 0 Å². The lowest BCUT2D eigenvalue weighted by molar-refractivity contribution is 0.0610. The molecule has 0 radical (unpaired) electrons. The fourth-order valence-corrected chi connectivity index (χ4v) is 3.16. The third kappa shape index (κ3) is 3.52. The van der Waals surface area contributed by atoms with Gasteiger partial charge in [-0.1, -0.05) is 0 Å². The SMILES string of the molecule is COc1ccc(C(=O)[C@H]2CCCN(C(=O)c3ccco3)C2)cc1OC. The van der Waals surface area contributed by atoms with Crippen LogP contribution in [0, 0.1) is 5.92 Å². The number of amides is 1. The second-order valence-electron chi connectivity index (χ2n) is 6.00. The van der Waals surface area contributed by atoms with Crippen molar-refractivity contribution in [3.63, 3.8) is 0 Å². The van der Waals surface area contributed by atoms with Crippen molar-refractivity contribution < 1.29 is 23.5 Å². The van der Waals surface area contributed by atoms with Gasteiger partial charge in [-0.05, 0) is 43.2 Å². The molecule has 6 heteroatoms. The number of nitrogens with zero attached hydrogens (tertiary/aromatic N) is 1. The average Bonchev–Trinajstić information content (AvgIpc) is 3.21. The number of rotatable bonds is 5. The van der Waals surface area contributed by atoms with Crippen LogP contribution in [0.2, 0.25) is 0 Å². The van der Waals surface area contributed by atoms with E-state index in [2.05, 4.69) is 0 Å². The molecule has 1 fully saturated rings. The minimum atomic E-state index is -0.231. The molecule has 0 N–H and O–H groups in total. The van der Waals surface area contributed by atoms with Gasteiger partial charge in [0.2, 0.25) is 0 Å². The number of benzene rings is 1. The largest absolute Gasteiger partial charge is 0.493 e. The zero-order valence-electron chi connectivity index (χ0n) is 14.4. The summed E-state index contributed by atoms with van der Waals surface area (Å²) in [5, 5.41) is 0. The second-order valence-corrected chi connectivity index (χ2v) is 6.00. The molecule has 0 bridgehead atoms. The average molecular weight is 343 g/mol. The molecule has 0 saturated carbocycles. The number of carbonyl (C=O) groups is 2. The van der Waals surface area contributed by atoms with Crippen LogP contribution in [-0.2, 0) is 0 Å². The smallest absolute Gasteiger partial charge is 0.289 e. The van der Waals surface area contributed by atoms with Gasteiger partial charge in [0.25, 0.3) is 5.91 Å². The number of furan rings is 1. The van der Waals surface area contributed by atoms with Crippen molar-refractivity contribution in [2.45, 2.75) is 12.8 Å². The predicted octanol–water partition coefficient (Wildman–Crippen LogP) is 3.03. The summed E-state index contributed by atoms with van der Waals surface area (Å²) >= 11 is 0. The van der Waals surface area contributed by atoms with Gasteiger partial charge >= 0.3 is 0 Å². The van der Waals surface area contributed by atoms with E-state index in [-0.39, 0.29) is 17.6 Å². The van der Waals surface area contributed by atoms with Crippen molar-refractivity contribution in [3.05, 3.63) is 47.9 Å². The number of Topliss-reactive ketones (excluding diaryl/α,β-unsaturated/α-hetero) is 1. The van der Waals surface area contributed by atoms with Crippen LogP contribution >= 0.6 is 0 Å². The maximum absolute atomic E-state index is 12.9. The first-order valence-electron chi connectivity index (χ1n) is 8.23. The summed E-state index contributed by atoms with van der Waals surface area (Å²) in [6.07, 6.45) is 3.02. The van der Waals surface area contributed by atoms with Crippen LogP contribution in [0.15, 0.2) is 41.0 Å². The molecule has 2 heterocycles. The van der Waals surface area contributed by atoms with E-state index in [9.17, 15) is 9.59 Å². The van der Waals surface area contributed by atoms with Crippen molar-refractivity contribution in [3.8, 4) is 11.5 Å². The number of likely N-dealkylation sites (tertiary alicyclic amines) is 1. The highest BCUT2D eigenvalue weighted by Gasteiger charge is 2.30. The van der Waals surface area contributed by atoms with Gasteiger partial charge in [-0.3, -0.25) is 9.59 Å². The van der Waals surface area contributed by atoms with Gasteiger partial charge in [0.05, 0.1) is 20.5 Å². The Kier molecular flexibility index (Phi) is 5.07. The molecule has 132 valence electrons. The van der Waals surface area contributed by atoms with Crippen LogP contribution in [0.25, 0.3) is 0 Å². The van der Waals surface area contributed by atoms with Crippen molar-refractivity contribution in [1.82, 2.24) is 4.90 Å². The van der Waals surface area contributed by atoms with Gasteiger partial charge in [0, 0.05) is 24.6 Å². The molecule has 0 unspecified atom stereocenters. The minimum absolute atomic E-state index is 0.0119. The van der Waals surface area contributed by atoms with Crippen molar-refractivity contribution >= 4 is 11.7 Å². The first-order chi connectivity index (χ1) is 12.1. The van der Waals surface area contributed by atoms with Crippen LogP contribution in [0.3, 0.4) is 0 Å². The van der Waals surface area contributed by atoms with E-state index in [0.29, 0.717) is 35.9 Å². The summed E-state index contributed by atoms with van der Waals surface area (Å²) in [7, 11) is 3.09. The molecule has 1 atom stereocenters. The third-order valence-corrected chi connectivity index (χ3v) is 4.48. The molecule has 1 aliphatic rings. The van der Waals surface area contributed by atoms with Crippen LogP contribution in [0.4, 0.5) is 0 Å². The molecule has 6 nitrogen and oxygen atoms in total. The molecule has 1 amide bonds. The predicted molar refractivity (Wildman–Crippen MR) is 91.2 cm³/mol. The van der Waals surface area contributed by atoms with Crippen molar-refractivity contribution in [2.75, 3.05) is 27.3 Å². The van der Waals surface area contributed by atoms with E-state index in [4.69, 9.17) is 13.9 Å². The number of piperidine rings is 1. The molecule has 0 aliphatic carbocycles. The summed E-state index contributed by atoms with van der Waals surface area (Å²) in [6, 6.07) is 8.47. The number of ketones is 1. The van der Waals surface area contributed by atoms with Crippen LogP contribution in [0.1, 0.15) is 33.8 Å². The molecule has 25 heavy (non-hydrogen) atoms. The first-order valence-corrected chi connectivity index (χ1v) is 8.23. The standard InChI is InChI=1S/C19H21NO5/c1-23-15-8-7-13(11-17(15)24-2)18(21)14-5-3-9-20(12-14)19(22)16-6-4-10-25-16/h4,6-8,10-11,14H,3,5,9,12H2,1-2H3/t14-/m0/s1. The Balaban J connectivity index is 1.75. The Bertz CT molecular complexity index is 753. The summed E-state index contributed by atoms with van der Waals surface area (Å²) in [4.78, 5) is 27.0. The van der Waals surface area contributed by atoms with Crippen molar-refractivity contribution in [2.24, 2.45) is 5.92 Å². The summed E-state index contributed by atoms with van der Waals surface area (Å²) in [5.41, 5.74) is 0.565. The lowest BCUT2D eigenvalue weighted by Gasteiger charge is -2.31. The fourth-order valence-electron chi connectivity index (χ4n) is 3.16. The fraction of sp³-hybridized carbons (Fsp3) is 0.368. The molecule has 1 aromatic carbocycles. The van der Waals surface area contributed by atoms with E-state index in [0.717, 1.165) is 12.8 Å². The first kappa shape index (κ1) is 17.1. The van der Waals surface area contributed by atoms with Gasteiger partial charge in [0.15, 0.2) is 23.0 Å². The van der Waals surface area contributed by atoms with Gasteiger partial charge in [0.1, 0.15) is 0 Å². The number of hydrogen-bond acceptors (Lipinski definition) is 5. The third-order valence-electron chi connectivity index (χ3n) is 4.48. The molecule has 0 spiro atoms. The maximum atomic E-state index is 12.9. The summed E-state index contributed by atoms with van der Waals surface area (Å²) in [6.45, 7) is 1.03. The highest BCUT2D eigenvalue weighted by Crippen LogP contribution is 2.30. The molecular weight excluding hydrogens is 322 g/mol. The highest BCUT2D eigenvalue weighted by molar-refractivity contribution is 5.99. The maximum Gasteiger partial charge on any atom is 0.289 e. The molecule has 1 aliphatic heterocycles.